The van der Waals surface area contributed by atoms with Crippen LogP contribution in [0.4, 0.5) is 17.7 Å². The van der Waals surface area contributed by atoms with Gasteiger partial charge in [0.25, 0.3) is 0 Å². The number of anilines is 3. The first-order chi connectivity index (χ1) is 13.5. The predicted molar refractivity (Wildman–Crippen MR) is 117 cm³/mol. The number of fused-ring (bicyclic) bond motifs is 1. The molecule has 0 saturated carbocycles. The van der Waals surface area contributed by atoms with Crippen molar-refractivity contribution in [1.29, 1.82) is 0 Å². The van der Waals surface area contributed by atoms with E-state index in [2.05, 4.69) is 44.5 Å². The van der Waals surface area contributed by atoms with Crippen molar-refractivity contribution >= 4 is 52.1 Å². The Morgan fingerprint density at radius 1 is 1.18 bits per heavy atom. The Kier molecular flexibility index (Phi) is 6.93. The fourth-order valence-electron chi connectivity index (χ4n) is 2.84. The van der Waals surface area contributed by atoms with E-state index < -0.39 is 0 Å². The van der Waals surface area contributed by atoms with Crippen LogP contribution in [0.5, 0.6) is 0 Å². The lowest BCUT2D eigenvalue weighted by molar-refractivity contribution is 0.340. The molecule has 0 amide bonds. The topological polar surface area (TPSA) is 70.9 Å². The number of hydrogen-bond acceptors (Lipinski definition) is 6. The molecule has 0 bridgehead atoms. The summed E-state index contributed by atoms with van der Waals surface area (Å²) >= 11 is 12.6. The monoisotopic (exact) mass is 421 g/mol. The smallest absolute Gasteiger partial charge is 0.231 e. The van der Waals surface area contributed by atoms with E-state index in [4.69, 9.17) is 23.4 Å². The van der Waals surface area contributed by atoms with E-state index in [1.807, 2.05) is 25.1 Å². The second-order valence-corrected chi connectivity index (χ2v) is 7.50. The normalized spacial score (nSPS) is 11.4. The first kappa shape index (κ1) is 20.6. The van der Waals surface area contributed by atoms with Crippen LogP contribution in [-0.2, 0) is 0 Å². The third kappa shape index (κ3) is 5.04. The third-order valence-electron chi connectivity index (χ3n) is 4.35. The van der Waals surface area contributed by atoms with Gasteiger partial charge in [-0.25, -0.2) is 14.1 Å². The molecule has 0 radical (unpaired) electrons. The summed E-state index contributed by atoms with van der Waals surface area (Å²) in [7, 11) is 2.13. The van der Waals surface area contributed by atoms with Gasteiger partial charge < -0.3 is 10.2 Å². The fourth-order valence-corrected chi connectivity index (χ4v) is 3.27. The summed E-state index contributed by atoms with van der Waals surface area (Å²) in [5.74, 6) is 1.60. The van der Waals surface area contributed by atoms with Gasteiger partial charge >= 0.3 is 0 Å². The van der Waals surface area contributed by atoms with Crippen molar-refractivity contribution < 1.29 is 0 Å². The molecule has 150 valence electrons. The van der Waals surface area contributed by atoms with Crippen molar-refractivity contribution in [2.75, 3.05) is 37.3 Å². The van der Waals surface area contributed by atoms with E-state index in [-0.39, 0.29) is 0 Å². The highest BCUT2D eigenvalue weighted by molar-refractivity contribution is 6.35. The van der Waals surface area contributed by atoms with Gasteiger partial charge in [0.2, 0.25) is 11.9 Å². The summed E-state index contributed by atoms with van der Waals surface area (Å²) in [6.07, 6.45) is 2.41. The fraction of sp³-hybridized carbons (Fsp3) is 0.421. The molecule has 2 heterocycles. The van der Waals surface area contributed by atoms with Gasteiger partial charge in [-0.1, -0.05) is 31.0 Å². The summed E-state index contributed by atoms with van der Waals surface area (Å²) < 4.78 is 1.42. The van der Waals surface area contributed by atoms with Crippen molar-refractivity contribution in [2.45, 2.75) is 26.7 Å². The summed E-state index contributed by atoms with van der Waals surface area (Å²) in [4.78, 5) is 15.7. The molecule has 0 fully saturated rings. The van der Waals surface area contributed by atoms with Gasteiger partial charge in [-0.3, -0.25) is 5.32 Å². The summed E-state index contributed by atoms with van der Waals surface area (Å²) in [6, 6.07) is 7.38. The number of unbranched alkanes of at least 4 members (excludes halogenated alkanes) is 1. The Hall–Kier alpha value is -2.09. The summed E-state index contributed by atoms with van der Waals surface area (Å²) in [5.41, 5.74) is 2.19. The summed E-state index contributed by atoms with van der Waals surface area (Å²) in [5, 5.41) is 6.98. The number of nitrogens with one attached hydrogen (secondary N) is 2. The van der Waals surface area contributed by atoms with Crippen LogP contribution in [0.1, 0.15) is 25.5 Å². The number of para-hydroxylation sites is 1. The lowest BCUT2D eigenvalue weighted by Crippen LogP contribution is -2.26. The lowest BCUT2D eigenvalue weighted by Gasteiger charge is -2.16. The van der Waals surface area contributed by atoms with E-state index >= 15 is 0 Å². The molecule has 9 heteroatoms. The number of nitrogens with zero attached hydrogens (tertiary/aromatic N) is 5. The Morgan fingerprint density at radius 3 is 2.75 bits per heavy atom. The highest BCUT2D eigenvalue weighted by Crippen LogP contribution is 2.28. The van der Waals surface area contributed by atoms with Gasteiger partial charge in [0.15, 0.2) is 0 Å². The number of hydrogen-bond donors (Lipinski definition) is 2. The van der Waals surface area contributed by atoms with E-state index in [1.165, 1.54) is 16.9 Å². The quantitative estimate of drug-likeness (QED) is 0.522. The van der Waals surface area contributed by atoms with Crippen LogP contribution in [0.15, 0.2) is 24.3 Å². The highest BCUT2D eigenvalue weighted by Gasteiger charge is 2.13. The molecule has 0 aliphatic carbocycles. The lowest BCUT2D eigenvalue weighted by atomic mass is 10.3. The van der Waals surface area contributed by atoms with Crippen molar-refractivity contribution in [3.8, 4) is 0 Å². The molecular formula is C19H25Cl2N7. The van der Waals surface area contributed by atoms with Crippen LogP contribution in [0, 0.1) is 6.92 Å². The first-order valence-electron chi connectivity index (χ1n) is 9.36. The minimum absolute atomic E-state index is 0.417. The third-order valence-corrected chi connectivity index (χ3v) is 5.00. The van der Waals surface area contributed by atoms with E-state index in [9.17, 15) is 0 Å². The Balaban J connectivity index is 1.70. The molecule has 2 N–H and O–H groups in total. The number of likely N-dealkylation sites (N-methyl/N-ethyl adjacent to an activating group) is 1. The van der Waals surface area contributed by atoms with Gasteiger partial charge in [0.1, 0.15) is 11.3 Å². The van der Waals surface area contributed by atoms with Crippen molar-refractivity contribution in [1.82, 2.24) is 23.9 Å². The molecule has 28 heavy (non-hydrogen) atoms. The minimum atomic E-state index is 0.417. The molecule has 0 aliphatic heterocycles. The van der Waals surface area contributed by atoms with Crippen LogP contribution < -0.4 is 10.6 Å². The molecule has 3 aromatic rings. The van der Waals surface area contributed by atoms with Crippen LogP contribution in [0.3, 0.4) is 0 Å². The Labute approximate surface area is 175 Å². The molecule has 0 spiro atoms. The van der Waals surface area contributed by atoms with E-state index in [1.54, 1.807) is 6.07 Å². The van der Waals surface area contributed by atoms with Gasteiger partial charge in [-0.05, 0) is 39.1 Å². The number of aromatic nitrogens is 4. The summed E-state index contributed by atoms with van der Waals surface area (Å²) in [6.45, 7) is 6.98. The maximum absolute atomic E-state index is 6.37. The number of halogens is 2. The van der Waals surface area contributed by atoms with Crippen LogP contribution in [0.25, 0.3) is 11.0 Å². The molecule has 3 rings (SSSR count). The second kappa shape index (κ2) is 9.41. The molecular weight excluding hydrogens is 397 g/mol. The minimum Gasteiger partial charge on any atom is -0.369 e. The number of benzene rings is 1. The molecule has 7 nitrogen and oxygen atoms in total. The number of rotatable bonds is 9. The van der Waals surface area contributed by atoms with Crippen molar-refractivity contribution in [3.05, 3.63) is 35.0 Å². The highest BCUT2D eigenvalue weighted by atomic mass is 35.5. The largest absolute Gasteiger partial charge is 0.369 e. The van der Waals surface area contributed by atoms with Crippen molar-refractivity contribution in [2.24, 2.45) is 0 Å². The standard InChI is InChI=1S/C19H25Cl2N7/c1-4-5-10-27(3)11-9-22-16-12-13(2)23-18(24-16)26-19-25-17-14(20)7-6-8-15(17)28(19)21/h6-8,12H,4-5,9-11H2,1-3H3,(H2,22,23,24,25,26). The van der Waals surface area contributed by atoms with Gasteiger partial charge in [0, 0.05) is 36.6 Å². The van der Waals surface area contributed by atoms with Crippen LogP contribution >= 0.6 is 23.4 Å². The maximum Gasteiger partial charge on any atom is 0.231 e. The van der Waals surface area contributed by atoms with E-state index in [0.717, 1.165) is 36.7 Å². The zero-order chi connectivity index (χ0) is 20.1. The van der Waals surface area contributed by atoms with Gasteiger partial charge in [-0.2, -0.15) is 4.98 Å². The average molecular weight is 422 g/mol. The zero-order valence-corrected chi connectivity index (χ0v) is 17.8. The first-order valence-corrected chi connectivity index (χ1v) is 10.1. The number of aryl methyl sites for hydroxylation is 1. The molecule has 0 unspecified atom stereocenters. The number of imidazole rings is 1. The molecule has 1 aromatic carbocycles. The predicted octanol–water partition coefficient (Wildman–Crippen LogP) is 4.68. The zero-order valence-electron chi connectivity index (χ0n) is 16.3. The van der Waals surface area contributed by atoms with E-state index in [0.29, 0.717) is 22.4 Å². The molecule has 0 atom stereocenters. The second-order valence-electron chi connectivity index (χ2n) is 6.75. The SMILES string of the molecule is CCCCN(C)CCNc1cc(C)nc(Nc2nc3c(Cl)cccc3n2Cl)n1. The molecule has 0 aliphatic rings. The van der Waals surface area contributed by atoms with Gasteiger partial charge in [0.05, 0.1) is 10.5 Å². The Morgan fingerprint density at radius 2 is 2.00 bits per heavy atom. The average Bonchev–Trinajstić information content (AvgIpc) is 2.97. The van der Waals surface area contributed by atoms with Gasteiger partial charge in [-0.15, -0.1) is 0 Å². The molecule has 0 saturated heterocycles. The van der Waals surface area contributed by atoms with Crippen LogP contribution in [-0.4, -0.2) is 50.6 Å². The van der Waals surface area contributed by atoms with Crippen LogP contribution in [0.2, 0.25) is 5.02 Å². The van der Waals surface area contributed by atoms with Crippen molar-refractivity contribution in [3.63, 3.8) is 0 Å². The maximum atomic E-state index is 6.37. The Bertz CT molecular complexity index is 941. The molecule has 2 aromatic heterocycles.